The second-order valence-corrected chi connectivity index (χ2v) is 7.74. The molecule has 0 atom stereocenters. The van der Waals surface area contributed by atoms with E-state index in [-0.39, 0.29) is 19.0 Å². The van der Waals surface area contributed by atoms with Crippen LogP contribution in [0.2, 0.25) is 0 Å². The van der Waals surface area contributed by atoms with E-state index in [0.717, 1.165) is 10.9 Å². The number of carbonyl (C=O) groups excluding carboxylic acids is 1. The van der Waals surface area contributed by atoms with Gasteiger partial charge in [0.25, 0.3) is 16.1 Å². The van der Waals surface area contributed by atoms with E-state index < -0.39 is 10.2 Å². The summed E-state index contributed by atoms with van der Waals surface area (Å²) in [4.78, 5) is 14.3. The number of carbonyl (C=O) groups is 1. The van der Waals surface area contributed by atoms with Crippen LogP contribution >= 0.6 is 0 Å². The lowest BCUT2D eigenvalue weighted by Crippen LogP contribution is -2.53. The van der Waals surface area contributed by atoms with Gasteiger partial charge >= 0.3 is 0 Å². The second-order valence-electron chi connectivity index (χ2n) is 5.60. The van der Waals surface area contributed by atoms with Gasteiger partial charge in [-0.25, -0.2) is 0 Å². The third-order valence-corrected chi connectivity index (χ3v) is 5.93. The van der Waals surface area contributed by atoms with Gasteiger partial charge in [-0.1, -0.05) is 18.2 Å². The molecule has 0 radical (unpaired) electrons. The number of hydrogen-bond donors (Lipinski definition) is 1. The van der Waals surface area contributed by atoms with Crippen molar-refractivity contribution < 1.29 is 13.2 Å². The van der Waals surface area contributed by atoms with Crippen molar-refractivity contribution in [2.24, 2.45) is 0 Å². The van der Waals surface area contributed by atoms with Crippen LogP contribution < -0.4 is 0 Å². The SMILES string of the molecule is CN(C)S(=O)(=O)N1CCN(C(=O)c2n[nH]c3ccccc23)CC1. The van der Waals surface area contributed by atoms with Crippen molar-refractivity contribution >= 4 is 27.0 Å². The summed E-state index contributed by atoms with van der Waals surface area (Å²) in [6.07, 6.45) is 0. The molecule has 9 heteroatoms. The number of H-pyrrole nitrogens is 1. The molecule has 0 unspecified atom stereocenters. The molecule has 0 aliphatic carbocycles. The van der Waals surface area contributed by atoms with Gasteiger partial charge in [-0.3, -0.25) is 9.89 Å². The summed E-state index contributed by atoms with van der Waals surface area (Å²) in [6, 6.07) is 7.44. The van der Waals surface area contributed by atoms with Crippen LogP contribution in [0, 0.1) is 0 Å². The van der Waals surface area contributed by atoms with Crippen LogP contribution in [0.15, 0.2) is 24.3 Å². The average molecular weight is 337 g/mol. The van der Waals surface area contributed by atoms with Crippen molar-refractivity contribution in [3.63, 3.8) is 0 Å². The monoisotopic (exact) mass is 337 g/mol. The first-order valence-corrected chi connectivity index (χ1v) is 8.71. The van der Waals surface area contributed by atoms with Gasteiger partial charge < -0.3 is 4.90 Å². The van der Waals surface area contributed by atoms with Crippen LogP contribution in [0.3, 0.4) is 0 Å². The maximum Gasteiger partial charge on any atom is 0.281 e. The molecule has 0 saturated carbocycles. The van der Waals surface area contributed by atoms with E-state index in [1.807, 2.05) is 24.3 Å². The lowest BCUT2D eigenvalue weighted by molar-refractivity contribution is 0.0691. The smallest absolute Gasteiger partial charge is 0.281 e. The van der Waals surface area contributed by atoms with E-state index in [1.165, 1.54) is 22.7 Å². The van der Waals surface area contributed by atoms with Crippen molar-refractivity contribution in [3.05, 3.63) is 30.0 Å². The van der Waals surface area contributed by atoms with Crippen LogP contribution in [-0.4, -0.2) is 78.3 Å². The Morgan fingerprint density at radius 3 is 2.48 bits per heavy atom. The van der Waals surface area contributed by atoms with Crippen molar-refractivity contribution in [1.29, 1.82) is 0 Å². The lowest BCUT2D eigenvalue weighted by Gasteiger charge is -2.34. The molecule has 124 valence electrons. The lowest BCUT2D eigenvalue weighted by atomic mass is 10.2. The first kappa shape index (κ1) is 15.9. The highest BCUT2D eigenvalue weighted by molar-refractivity contribution is 7.86. The fourth-order valence-electron chi connectivity index (χ4n) is 2.63. The molecule has 0 spiro atoms. The fraction of sp³-hybridized carbons (Fsp3) is 0.429. The van der Waals surface area contributed by atoms with E-state index in [2.05, 4.69) is 10.2 Å². The zero-order chi connectivity index (χ0) is 16.6. The predicted octanol–water partition coefficient (Wildman–Crippen LogP) is 0.127. The Kier molecular flexibility index (Phi) is 4.09. The van der Waals surface area contributed by atoms with E-state index in [0.29, 0.717) is 18.8 Å². The molecular formula is C14H19N5O3S. The minimum Gasteiger partial charge on any atom is -0.335 e. The molecule has 1 saturated heterocycles. The maximum absolute atomic E-state index is 12.6. The number of para-hydroxylation sites is 1. The molecule has 0 bridgehead atoms. The first-order chi connectivity index (χ1) is 10.9. The van der Waals surface area contributed by atoms with Gasteiger partial charge in [-0.2, -0.15) is 22.1 Å². The summed E-state index contributed by atoms with van der Waals surface area (Å²) in [5.74, 6) is -0.177. The summed E-state index contributed by atoms with van der Waals surface area (Å²) >= 11 is 0. The standard InChI is InChI=1S/C14H19N5O3S/c1-17(2)23(21,22)19-9-7-18(8-10-19)14(20)13-11-5-3-4-6-12(11)15-16-13/h3-6H,7-10H2,1-2H3,(H,15,16). The maximum atomic E-state index is 12.6. The summed E-state index contributed by atoms with van der Waals surface area (Å²) in [7, 11) is -0.425. The summed E-state index contributed by atoms with van der Waals surface area (Å²) < 4.78 is 26.8. The Hall–Kier alpha value is -1.97. The molecule has 1 N–H and O–H groups in total. The minimum atomic E-state index is -3.43. The molecule has 8 nitrogen and oxygen atoms in total. The van der Waals surface area contributed by atoms with Crippen molar-refractivity contribution in [2.75, 3.05) is 40.3 Å². The molecule has 2 aromatic rings. The molecule has 1 fully saturated rings. The van der Waals surface area contributed by atoms with E-state index >= 15 is 0 Å². The number of rotatable bonds is 3. The number of nitrogens with one attached hydrogen (secondary N) is 1. The zero-order valence-corrected chi connectivity index (χ0v) is 13.9. The summed E-state index contributed by atoms with van der Waals surface area (Å²) in [5, 5.41) is 7.73. The number of benzene rings is 1. The minimum absolute atomic E-state index is 0.177. The molecule has 1 aliphatic rings. The average Bonchev–Trinajstić information content (AvgIpc) is 2.98. The highest BCUT2D eigenvalue weighted by Crippen LogP contribution is 2.18. The third-order valence-electron chi connectivity index (χ3n) is 3.99. The number of nitrogens with zero attached hydrogens (tertiary/aromatic N) is 4. The van der Waals surface area contributed by atoms with Gasteiger partial charge in [-0.15, -0.1) is 0 Å². The number of amides is 1. The molecule has 1 aromatic heterocycles. The van der Waals surface area contributed by atoms with Crippen LogP contribution in [0.25, 0.3) is 10.9 Å². The van der Waals surface area contributed by atoms with Gasteiger partial charge in [0.2, 0.25) is 0 Å². The summed E-state index contributed by atoms with van der Waals surface area (Å²) in [5.41, 5.74) is 1.19. The predicted molar refractivity (Wildman–Crippen MR) is 86.2 cm³/mol. The van der Waals surface area contributed by atoms with Gasteiger partial charge in [-0.05, 0) is 6.07 Å². The van der Waals surface area contributed by atoms with Crippen LogP contribution in [-0.2, 0) is 10.2 Å². The Morgan fingerprint density at radius 1 is 1.17 bits per heavy atom. The van der Waals surface area contributed by atoms with Crippen LogP contribution in [0.5, 0.6) is 0 Å². The topological polar surface area (TPSA) is 89.6 Å². The summed E-state index contributed by atoms with van der Waals surface area (Å²) in [6.45, 7) is 1.28. The zero-order valence-electron chi connectivity index (χ0n) is 13.1. The number of fused-ring (bicyclic) bond motifs is 1. The van der Waals surface area contributed by atoms with Crippen LogP contribution in [0.1, 0.15) is 10.5 Å². The molecule has 1 aromatic carbocycles. The Morgan fingerprint density at radius 2 is 1.83 bits per heavy atom. The Labute approximate surface area is 134 Å². The molecule has 1 aliphatic heterocycles. The Bertz CT molecular complexity index is 822. The quantitative estimate of drug-likeness (QED) is 0.862. The number of aromatic nitrogens is 2. The highest BCUT2D eigenvalue weighted by Gasteiger charge is 2.31. The molecule has 3 rings (SSSR count). The molecule has 1 amide bonds. The number of aromatic amines is 1. The van der Waals surface area contributed by atoms with Gasteiger partial charge in [0.05, 0.1) is 5.52 Å². The number of hydrogen-bond acceptors (Lipinski definition) is 4. The van der Waals surface area contributed by atoms with Crippen molar-refractivity contribution in [3.8, 4) is 0 Å². The second kappa shape index (κ2) is 5.91. The van der Waals surface area contributed by atoms with E-state index in [1.54, 1.807) is 4.90 Å². The van der Waals surface area contributed by atoms with Gasteiger partial charge in [0.15, 0.2) is 5.69 Å². The molecule has 23 heavy (non-hydrogen) atoms. The van der Waals surface area contributed by atoms with Crippen molar-refractivity contribution in [2.45, 2.75) is 0 Å². The van der Waals surface area contributed by atoms with Crippen molar-refractivity contribution in [1.82, 2.24) is 23.7 Å². The fourth-order valence-corrected chi connectivity index (χ4v) is 3.72. The third kappa shape index (κ3) is 2.82. The molecule has 2 heterocycles. The van der Waals surface area contributed by atoms with Gasteiger partial charge in [0, 0.05) is 45.7 Å². The Balaban J connectivity index is 1.74. The van der Waals surface area contributed by atoms with E-state index in [4.69, 9.17) is 0 Å². The van der Waals surface area contributed by atoms with Crippen LogP contribution in [0.4, 0.5) is 0 Å². The molecular weight excluding hydrogens is 318 g/mol. The first-order valence-electron chi connectivity index (χ1n) is 7.31. The largest absolute Gasteiger partial charge is 0.335 e. The van der Waals surface area contributed by atoms with Gasteiger partial charge in [0.1, 0.15) is 0 Å². The number of piperazine rings is 1. The highest BCUT2D eigenvalue weighted by atomic mass is 32.2. The van der Waals surface area contributed by atoms with E-state index in [9.17, 15) is 13.2 Å². The normalized spacial score (nSPS) is 17.1.